The monoisotopic (exact) mass is 471 g/mol. The van der Waals surface area contributed by atoms with Gasteiger partial charge in [0.1, 0.15) is 5.82 Å². The molecular formula is C19H20BrClFN3OS. The van der Waals surface area contributed by atoms with Crippen molar-refractivity contribution < 1.29 is 9.18 Å². The number of anilines is 1. The summed E-state index contributed by atoms with van der Waals surface area (Å²) in [6.07, 6.45) is 0.819. The Morgan fingerprint density at radius 1 is 1.15 bits per heavy atom. The molecule has 2 aromatic carbocycles. The lowest BCUT2D eigenvalue weighted by Crippen LogP contribution is -2.33. The zero-order valence-corrected chi connectivity index (χ0v) is 18.2. The van der Waals surface area contributed by atoms with Crippen LogP contribution in [0.1, 0.15) is 16.8 Å². The van der Waals surface area contributed by atoms with Gasteiger partial charge >= 0.3 is 0 Å². The average Bonchev–Trinajstić information content (AvgIpc) is 3.01. The minimum absolute atomic E-state index is 0. The van der Waals surface area contributed by atoms with Gasteiger partial charge in [-0.05, 0) is 69.5 Å². The van der Waals surface area contributed by atoms with Crippen molar-refractivity contribution in [3.63, 3.8) is 0 Å². The van der Waals surface area contributed by atoms with Gasteiger partial charge in [0.15, 0.2) is 5.13 Å². The van der Waals surface area contributed by atoms with Gasteiger partial charge in [-0.1, -0.05) is 27.3 Å². The minimum atomic E-state index is -0.356. The van der Waals surface area contributed by atoms with Gasteiger partial charge in [-0.15, -0.1) is 12.4 Å². The van der Waals surface area contributed by atoms with Crippen molar-refractivity contribution in [1.29, 1.82) is 0 Å². The zero-order valence-electron chi connectivity index (χ0n) is 15.0. The first-order valence-corrected chi connectivity index (χ1v) is 9.83. The lowest BCUT2D eigenvalue weighted by Gasteiger charge is -2.21. The Balaban J connectivity index is 0.00000261. The summed E-state index contributed by atoms with van der Waals surface area (Å²) < 4.78 is 15.2. The highest BCUT2D eigenvalue weighted by Gasteiger charge is 2.21. The van der Waals surface area contributed by atoms with E-state index >= 15 is 0 Å². The third-order valence-electron chi connectivity index (χ3n) is 3.89. The normalized spacial score (nSPS) is 10.9. The topological polar surface area (TPSA) is 36.4 Å². The molecule has 0 aliphatic rings. The summed E-state index contributed by atoms with van der Waals surface area (Å²) in [6.45, 7) is 1.42. The van der Waals surface area contributed by atoms with Gasteiger partial charge in [-0.3, -0.25) is 9.69 Å². The van der Waals surface area contributed by atoms with E-state index in [4.69, 9.17) is 0 Å². The number of hydrogen-bond donors (Lipinski definition) is 0. The lowest BCUT2D eigenvalue weighted by molar-refractivity contribution is 0.0986. The summed E-state index contributed by atoms with van der Waals surface area (Å²) in [6, 6.07) is 11.5. The number of halogens is 3. The quantitative estimate of drug-likeness (QED) is 0.494. The van der Waals surface area contributed by atoms with Crippen molar-refractivity contribution in [1.82, 2.24) is 9.88 Å². The molecule has 0 spiro atoms. The second-order valence-corrected chi connectivity index (χ2v) is 8.15. The van der Waals surface area contributed by atoms with Crippen LogP contribution in [-0.4, -0.2) is 43.0 Å². The summed E-state index contributed by atoms with van der Waals surface area (Å²) in [4.78, 5) is 21.4. The molecule has 0 radical (unpaired) electrons. The van der Waals surface area contributed by atoms with E-state index in [0.29, 0.717) is 17.2 Å². The molecule has 1 amide bonds. The molecule has 0 unspecified atom stereocenters. The summed E-state index contributed by atoms with van der Waals surface area (Å²) in [5.74, 6) is -0.521. The third kappa shape index (κ3) is 5.48. The minimum Gasteiger partial charge on any atom is -0.309 e. The first-order valence-electron chi connectivity index (χ1n) is 8.22. The second-order valence-electron chi connectivity index (χ2n) is 6.23. The Hall–Kier alpha value is -1.54. The SMILES string of the molecule is CN(C)CCCN(C(=O)c1ccc(F)cc1)c1nc2ccc(Br)cc2s1.Cl. The van der Waals surface area contributed by atoms with E-state index in [1.54, 1.807) is 4.90 Å². The fourth-order valence-electron chi connectivity index (χ4n) is 2.58. The maximum atomic E-state index is 13.2. The Labute approximate surface area is 176 Å². The molecular weight excluding hydrogens is 453 g/mol. The number of nitrogens with zero attached hydrogens (tertiary/aromatic N) is 3. The summed E-state index contributed by atoms with van der Waals surface area (Å²) >= 11 is 4.95. The fraction of sp³-hybridized carbons (Fsp3) is 0.263. The van der Waals surface area contributed by atoms with Gasteiger partial charge < -0.3 is 4.90 Å². The molecule has 0 N–H and O–H groups in total. The molecule has 0 saturated heterocycles. The van der Waals surface area contributed by atoms with Crippen molar-refractivity contribution in [2.75, 3.05) is 32.1 Å². The van der Waals surface area contributed by atoms with E-state index in [1.807, 2.05) is 32.3 Å². The largest absolute Gasteiger partial charge is 0.309 e. The molecule has 1 heterocycles. The maximum Gasteiger partial charge on any atom is 0.260 e. The molecule has 3 aromatic rings. The van der Waals surface area contributed by atoms with Gasteiger partial charge in [0.25, 0.3) is 5.91 Å². The van der Waals surface area contributed by atoms with Crippen molar-refractivity contribution >= 4 is 60.9 Å². The molecule has 0 fully saturated rings. The van der Waals surface area contributed by atoms with E-state index < -0.39 is 0 Å². The summed E-state index contributed by atoms with van der Waals surface area (Å²) in [5, 5.41) is 0.659. The molecule has 0 bridgehead atoms. The number of thiazole rings is 1. The maximum absolute atomic E-state index is 13.2. The first kappa shape index (κ1) is 21.8. The average molecular weight is 473 g/mol. The molecule has 144 valence electrons. The van der Waals surface area contributed by atoms with E-state index in [1.165, 1.54) is 35.6 Å². The van der Waals surface area contributed by atoms with Crippen LogP contribution < -0.4 is 4.90 Å². The zero-order chi connectivity index (χ0) is 18.7. The van der Waals surface area contributed by atoms with Gasteiger partial charge in [-0.25, -0.2) is 9.37 Å². The predicted octanol–water partition coefficient (Wildman–Crippen LogP) is 5.22. The van der Waals surface area contributed by atoms with Crippen molar-refractivity contribution in [2.24, 2.45) is 0 Å². The van der Waals surface area contributed by atoms with E-state index in [-0.39, 0.29) is 24.1 Å². The van der Waals surface area contributed by atoms with Crippen LogP contribution >= 0.6 is 39.7 Å². The predicted molar refractivity (Wildman–Crippen MR) is 116 cm³/mol. The van der Waals surface area contributed by atoms with Crippen LogP contribution in [0, 0.1) is 5.82 Å². The molecule has 0 aliphatic heterocycles. The number of fused-ring (bicyclic) bond motifs is 1. The highest BCUT2D eigenvalue weighted by molar-refractivity contribution is 9.10. The first-order chi connectivity index (χ1) is 12.4. The molecule has 0 saturated carbocycles. The third-order valence-corrected chi connectivity index (χ3v) is 5.43. The molecule has 0 aliphatic carbocycles. The number of amides is 1. The van der Waals surface area contributed by atoms with Crippen molar-refractivity contribution in [3.05, 3.63) is 58.3 Å². The Morgan fingerprint density at radius 2 is 1.85 bits per heavy atom. The lowest BCUT2D eigenvalue weighted by atomic mass is 10.2. The van der Waals surface area contributed by atoms with Crippen LogP contribution in [0.3, 0.4) is 0 Å². The Morgan fingerprint density at radius 3 is 2.52 bits per heavy atom. The molecule has 4 nitrogen and oxygen atoms in total. The summed E-state index contributed by atoms with van der Waals surface area (Å²) in [5.41, 5.74) is 1.31. The van der Waals surface area contributed by atoms with Gasteiger partial charge in [0.2, 0.25) is 0 Å². The molecule has 0 atom stereocenters. The number of aromatic nitrogens is 1. The van der Waals surface area contributed by atoms with Crippen LogP contribution in [0.15, 0.2) is 46.9 Å². The van der Waals surface area contributed by atoms with E-state index in [2.05, 4.69) is 25.8 Å². The van der Waals surface area contributed by atoms with Crippen LogP contribution in [0.25, 0.3) is 10.2 Å². The second kappa shape index (κ2) is 9.59. The molecule has 8 heteroatoms. The van der Waals surface area contributed by atoms with E-state index in [9.17, 15) is 9.18 Å². The smallest absolute Gasteiger partial charge is 0.260 e. The number of benzene rings is 2. The van der Waals surface area contributed by atoms with Crippen molar-refractivity contribution in [3.8, 4) is 0 Å². The van der Waals surface area contributed by atoms with Gasteiger partial charge in [0.05, 0.1) is 10.2 Å². The highest BCUT2D eigenvalue weighted by atomic mass is 79.9. The fourth-order valence-corrected chi connectivity index (χ4v) is 4.12. The number of rotatable bonds is 6. The number of hydrogen-bond acceptors (Lipinski definition) is 4. The molecule has 1 aromatic heterocycles. The standard InChI is InChI=1S/C19H19BrFN3OS.ClH/c1-23(2)10-3-11-24(18(25)13-4-7-15(21)8-5-13)19-22-16-9-6-14(20)12-17(16)26-19;/h4-9,12H,3,10-11H2,1-2H3;1H. The van der Waals surface area contributed by atoms with Gasteiger partial charge in [0, 0.05) is 16.6 Å². The Bertz CT molecular complexity index is 917. The Kier molecular flexibility index (Phi) is 7.73. The van der Waals surface area contributed by atoms with Crippen LogP contribution in [0.4, 0.5) is 9.52 Å². The number of carbonyl (C=O) groups excluding carboxylic acids is 1. The van der Waals surface area contributed by atoms with Crippen molar-refractivity contribution in [2.45, 2.75) is 6.42 Å². The van der Waals surface area contributed by atoms with Crippen LogP contribution in [-0.2, 0) is 0 Å². The molecule has 3 rings (SSSR count). The van der Waals surface area contributed by atoms with E-state index in [0.717, 1.165) is 27.7 Å². The van der Waals surface area contributed by atoms with Crippen LogP contribution in [0.5, 0.6) is 0 Å². The summed E-state index contributed by atoms with van der Waals surface area (Å²) in [7, 11) is 4.00. The highest BCUT2D eigenvalue weighted by Crippen LogP contribution is 2.31. The van der Waals surface area contributed by atoms with Crippen LogP contribution in [0.2, 0.25) is 0 Å². The van der Waals surface area contributed by atoms with Gasteiger partial charge in [-0.2, -0.15) is 0 Å². The number of carbonyl (C=O) groups is 1. The molecule has 27 heavy (non-hydrogen) atoms.